The fourth-order valence-electron chi connectivity index (χ4n) is 2.69. The molecule has 1 aromatic carbocycles. The second-order valence-electron chi connectivity index (χ2n) is 5.49. The maximum Gasteiger partial charge on any atom is 0.311 e. The Morgan fingerprint density at radius 2 is 2.13 bits per heavy atom. The fraction of sp³-hybridized carbons (Fsp3) is 0.353. The monoisotopic (exact) mass is 330 g/mol. The van der Waals surface area contributed by atoms with Crippen LogP contribution in [0.4, 0.5) is 0 Å². The summed E-state index contributed by atoms with van der Waals surface area (Å²) in [5.74, 6) is -0.523. The predicted octanol–water partition coefficient (Wildman–Crippen LogP) is 2.74. The smallest absolute Gasteiger partial charge is 0.311 e. The minimum Gasteiger partial charge on any atom is -0.458 e. The number of aromatic nitrogens is 1. The van der Waals surface area contributed by atoms with E-state index in [1.165, 1.54) is 11.3 Å². The van der Waals surface area contributed by atoms with Crippen molar-refractivity contribution in [3.63, 3.8) is 0 Å². The number of esters is 1. The molecule has 0 saturated carbocycles. The minimum absolute atomic E-state index is 0.0250. The first-order valence-corrected chi connectivity index (χ1v) is 8.51. The molecule has 0 bridgehead atoms. The average Bonchev–Trinajstić information content (AvgIpc) is 3.13. The molecular weight excluding hydrogens is 312 g/mol. The molecule has 0 aliphatic carbocycles. The highest BCUT2D eigenvalue weighted by Crippen LogP contribution is 2.20. The summed E-state index contributed by atoms with van der Waals surface area (Å²) in [4.78, 5) is 30.5. The van der Waals surface area contributed by atoms with Crippen LogP contribution < -0.4 is 0 Å². The molecule has 1 aliphatic rings. The van der Waals surface area contributed by atoms with Crippen molar-refractivity contribution in [1.29, 1.82) is 0 Å². The lowest BCUT2D eigenvalue weighted by atomic mass is 9.97. The average molecular weight is 330 g/mol. The lowest BCUT2D eigenvalue weighted by molar-refractivity contribution is -0.151. The van der Waals surface area contributed by atoms with Gasteiger partial charge in [-0.25, -0.2) is 4.98 Å². The molecule has 1 aliphatic heterocycles. The van der Waals surface area contributed by atoms with Crippen LogP contribution in [0.25, 0.3) is 0 Å². The Kier molecular flexibility index (Phi) is 5.02. The highest BCUT2D eigenvalue weighted by Gasteiger charge is 2.30. The van der Waals surface area contributed by atoms with Gasteiger partial charge in [0, 0.05) is 30.2 Å². The van der Waals surface area contributed by atoms with Gasteiger partial charge in [0.15, 0.2) is 0 Å². The molecule has 3 rings (SSSR count). The van der Waals surface area contributed by atoms with Crippen LogP contribution in [0, 0.1) is 5.92 Å². The number of amides is 1. The van der Waals surface area contributed by atoms with Gasteiger partial charge in [-0.15, -0.1) is 11.3 Å². The van der Waals surface area contributed by atoms with Crippen molar-refractivity contribution in [3.05, 3.63) is 52.5 Å². The maximum atomic E-state index is 12.5. The molecule has 1 aromatic heterocycles. The number of carbonyl (C=O) groups excluding carboxylic acids is 2. The quantitative estimate of drug-likeness (QED) is 0.809. The summed E-state index contributed by atoms with van der Waals surface area (Å²) in [7, 11) is 0. The van der Waals surface area contributed by atoms with Crippen molar-refractivity contribution in [2.75, 3.05) is 13.1 Å². The molecule has 23 heavy (non-hydrogen) atoms. The van der Waals surface area contributed by atoms with Gasteiger partial charge in [-0.1, -0.05) is 18.2 Å². The standard InChI is InChI=1S/C17H18N2O3S/c20-16(13-5-2-1-3-6-13)19-9-4-7-14(11-19)17(21)22-12-15-18-8-10-23-15/h1-3,5-6,8,10,14H,4,7,9,11-12H2/t14-/m1/s1. The van der Waals surface area contributed by atoms with Gasteiger partial charge in [-0.2, -0.15) is 0 Å². The summed E-state index contributed by atoms with van der Waals surface area (Å²) >= 11 is 1.46. The summed E-state index contributed by atoms with van der Waals surface area (Å²) in [5, 5.41) is 2.63. The second kappa shape index (κ2) is 7.37. The molecule has 1 atom stereocenters. The van der Waals surface area contributed by atoms with Crippen molar-refractivity contribution in [2.45, 2.75) is 19.4 Å². The van der Waals surface area contributed by atoms with Crippen molar-refractivity contribution in [1.82, 2.24) is 9.88 Å². The number of nitrogens with zero attached hydrogens (tertiary/aromatic N) is 2. The Hall–Kier alpha value is -2.21. The summed E-state index contributed by atoms with van der Waals surface area (Å²) in [6.45, 7) is 1.31. The second-order valence-corrected chi connectivity index (χ2v) is 6.47. The van der Waals surface area contributed by atoms with Crippen LogP contribution in [0.15, 0.2) is 41.9 Å². The van der Waals surface area contributed by atoms with Gasteiger partial charge in [0.05, 0.1) is 5.92 Å². The van der Waals surface area contributed by atoms with Gasteiger partial charge in [-0.3, -0.25) is 9.59 Å². The van der Waals surface area contributed by atoms with Crippen LogP contribution in [0.1, 0.15) is 28.2 Å². The number of hydrogen-bond donors (Lipinski definition) is 0. The zero-order valence-corrected chi connectivity index (χ0v) is 13.5. The van der Waals surface area contributed by atoms with Crippen molar-refractivity contribution in [2.24, 2.45) is 5.92 Å². The Morgan fingerprint density at radius 3 is 2.87 bits per heavy atom. The Balaban J connectivity index is 1.57. The Morgan fingerprint density at radius 1 is 1.30 bits per heavy atom. The topological polar surface area (TPSA) is 59.5 Å². The number of likely N-dealkylation sites (tertiary alicyclic amines) is 1. The van der Waals surface area contributed by atoms with Crippen LogP contribution >= 0.6 is 11.3 Å². The third-order valence-corrected chi connectivity index (χ3v) is 4.64. The van der Waals surface area contributed by atoms with E-state index < -0.39 is 0 Å². The van der Waals surface area contributed by atoms with Gasteiger partial charge in [0.25, 0.3) is 5.91 Å². The maximum absolute atomic E-state index is 12.5. The number of rotatable bonds is 4. The van der Waals surface area contributed by atoms with Crippen LogP contribution in [-0.4, -0.2) is 34.8 Å². The third-order valence-electron chi connectivity index (χ3n) is 3.88. The van der Waals surface area contributed by atoms with Gasteiger partial charge in [-0.05, 0) is 25.0 Å². The highest BCUT2D eigenvalue weighted by molar-refractivity contribution is 7.09. The van der Waals surface area contributed by atoms with Crippen LogP contribution in [0.3, 0.4) is 0 Å². The van der Waals surface area contributed by atoms with Gasteiger partial charge >= 0.3 is 5.97 Å². The van der Waals surface area contributed by atoms with Gasteiger partial charge < -0.3 is 9.64 Å². The SMILES string of the molecule is O=C(OCc1nccs1)[C@@H]1CCCN(C(=O)c2ccccc2)C1. The van der Waals surface area contributed by atoms with E-state index in [1.54, 1.807) is 23.2 Å². The number of carbonyl (C=O) groups is 2. The lowest BCUT2D eigenvalue weighted by Gasteiger charge is -2.31. The van der Waals surface area contributed by atoms with Gasteiger partial charge in [0.2, 0.25) is 0 Å². The molecule has 0 radical (unpaired) electrons. The molecule has 0 spiro atoms. The minimum atomic E-state index is -0.253. The van der Waals surface area contributed by atoms with Crippen molar-refractivity contribution >= 4 is 23.2 Å². The molecule has 2 aromatic rings. The third kappa shape index (κ3) is 3.96. The number of piperidine rings is 1. The zero-order chi connectivity index (χ0) is 16.1. The summed E-state index contributed by atoms with van der Waals surface area (Å²) in [6.07, 6.45) is 3.26. The normalized spacial score (nSPS) is 17.7. The molecule has 120 valence electrons. The molecule has 5 nitrogen and oxygen atoms in total. The fourth-order valence-corrected chi connectivity index (χ4v) is 3.22. The number of ether oxygens (including phenoxy) is 1. The number of hydrogen-bond acceptors (Lipinski definition) is 5. The molecule has 6 heteroatoms. The largest absolute Gasteiger partial charge is 0.458 e. The zero-order valence-electron chi connectivity index (χ0n) is 12.7. The first kappa shape index (κ1) is 15.7. The first-order chi connectivity index (χ1) is 11.2. The first-order valence-electron chi connectivity index (χ1n) is 7.63. The van der Waals surface area contributed by atoms with E-state index in [-0.39, 0.29) is 24.4 Å². The van der Waals surface area contributed by atoms with E-state index in [9.17, 15) is 9.59 Å². The molecule has 1 saturated heterocycles. The highest BCUT2D eigenvalue weighted by atomic mass is 32.1. The molecular formula is C17H18N2O3S. The van der Waals surface area contributed by atoms with Crippen LogP contribution in [0.2, 0.25) is 0 Å². The van der Waals surface area contributed by atoms with Crippen molar-refractivity contribution in [3.8, 4) is 0 Å². The van der Waals surface area contributed by atoms with Crippen LogP contribution in [-0.2, 0) is 16.1 Å². The Bertz CT molecular complexity index is 658. The van der Waals surface area contributed by atoms with E-state index in [0.717, 1.165) is 17.8 Å². The van der Waals surface area contributed by atoms with Gasteiger partial charge in [0.1, 0.15) is 11.6 Å². The van der Waals surface area contributed by atoms with E-state index in [0.29, 0.717) is 18.7 Å². The molecule has 0 N–H and O–H groups in total. The van der Waals surface area contributed by atoms with E-state index >= 15 is 0 Å². The van der Waals surface area contributed by atoms with Crippen molar-refractivity contribution < 1.29 is 14.3 Å². The van der Waals surface area contributed by atoms with E-state index in [1.807, 2.05) is 23.6 Å². The summed E-state index contributed by atoms with van der Waals surface area (Å²) < 4.78 is 5.33. The summed E-state index contributed by atoms with van der Waals surface area (Å²) in [5.41, 5.74) is 0.657. The molecule has 1 amide bonds. The molecule has 0 unspecified atom stereocenters. The number of thiazole rings is 1. The van der Waals surface area contributed by atoms with Crippen LogP contribution in [0.5, 0.6) is 0 Å². The van der Waals surface area contributed by atoms with E-state index in [2.05, 4.69) is 4.98 Å². The lowest BCUT2D eigenvalue weighted by Crippen LogP contribution is -2.42. The summed E-state index contributed by atoms with van der Waals surface area (Å²) in [6, 6.07) is 9.17. The predicted molar refractivity (Wildman–Crippen MR) is 87.0 cm³/mol. The Labute approximate surface area is 138 Å². The number of benzene rings is 1. The van der Waals surface area contributed by atoms with E-state index in [4.69, 9.17) is 4.74 Å². The molecule has 2 heterocycles. The molecule has 1 fully saturated rings.